The number of nitrogens with two attached hydrogens (primary N) is 1. The topological polar surface area (TPSA) is 70.8 Å². The highest BCUT2D eigenvalue weighted by Crippen LogP contribution is 2.14. The van der Waals surface area contributed by atoms with E-state index in [0.29, 0.717) is 11.4 Å². The van der Waals surface area contributed by atoms with Gasteiger partial charge in [0.05, 0.1) is 13.2 Å². The predicted octanol–water partition coefficient (Wildman–Crippen LogP) is 2.16. The van der Waals surface area contributed by atoms with Crippen molar-refractivity contribution in [1.82, 2.24) is 0 Å². The summed E-state index contributed by atoms with van der Waals surface area (Å²) in [5.41, 5.74) is 6.06. The van der Waals surface area contributed by atoms with Crippen molar-refractivity contribution in [2.24, 2.45) is 0 Å². The number of esters is 1. The SMILES string of the molecule is Nc1ccc(OCC(=O)OCCCOCC(F)(F)F)cc1. The number of nitrogen functional groups attached to an aromatic ring is 1. The maximum absolute atomic E-state index is 11.7. The normalized spacial score (nSPS) is 11.2. The summed E-state index contributed by atoms with van der Waals surface area (Å²) in [6.07, 6.45) is -4.16. The molecular weight excluding hydrogens is 291 g/mol. The second-order valence-corrected chi connectivity index (χ2v) is 4.10. The molecule has 118 valence electrons. The lowest BCUT2D eigenvalue weighted by Crippen LogP contribution is -2.19. The minimum Gasteiger partial charge on any atom is -0.482 e. The quantitative estimate of drug-likeness (QED) is 0.453. The average Bonchev–Trinajstić information content (AvgIpc) is 2.41. The molecule has 2 N–H and O–H groups in total. The third-order valence-corrected chi connectivity index (χ3v) is 2.20. The van der Waals surface area contributed by atoms with Crippen LogP contribution in [0.3, 0.4) is 0 Å². The van der Waals surface area contributed by atoms with Gasteiger partial charge in [0.2, 0.25) is 0 Å². The zero-order valence-corrected chi connectivity index (χ0v) is 11.2. The van der Waals surface area contributed by atoms with E-state index in [1.54, 1.807) is 24.3 Å². The number of benzene rings is 1. The van der Waals surface area contributed by atoms with Crippen LogP contribution in [-0.4, -0.2) is 38.6 Å². The van der Waals surface area contributed by atoms with E-state index in [4.69, 9.17) is 15.2 Å². The Kier molecular flexibility index (Phi) is 6.80. The molecule has 0 saturated carbocycles. The van der Waals surface area contributed by atoms with Gasteiger partial charge in [0, 0.05) is 12.1 Å². The van der Waals surface area contributed by atoms with Crippen LogP contribution in [0, 0.1) is 0 Å². The standard InChI is InChI=1S/C13H16F3NO4/c14-13(15,16)9-19-6-1-7-20-12(18)8-21-11-4-2-10(17)3-5-11/h2-5H,1,6-9,17H2. The van der Waals surface area contributed by atoms with Crippen molar-refractivity contribution in [2.75, 3.05) is 32.2 Å². The van der Waals surface area contributed by atoms with Crippen LogP contribution in [0.2, 0.25) is 0 Å². The summed E-state index contributed by atoms with van der Waals surface area (Å²) < 4.78 is 49.5. The van der Waals surface area contributed by atoms with Gasteiger partial charge >= 0.3 is 12.1 Å². The van der Waals surface area contributed by atoms with E-state index in [9.17, 15) is 18.0 Å². The summed E-state index contributed by atoms with van der Waals surface area (Å²) in [6.45, 7) is -1.75. The Morgan fingerprint density at radius 3 is 2.43 bits per heavy atom. The highest BCUT2D eigenvalue weighted by atomic mass is 19.4. The number of hydrogen-bond acceptors (Lipinski definition) is 5. The van der Waals surface area contributed by atoms with Gasteiger partial charge < -0.3 is 19.9 Å². The third kappa shape index (κ3) is 8.74. The van der Waals surface area contributed by atoms with Crippen LogP contribution in [0.4, 0.5) is 18.9 Å². The van der Waals surface area contributed by atoms with Gasteiger partial charge in [0.25, 0.3) is 0 Å². The highest BCUT2D eigenvalue weighted by Gasteiger charge is 2.27. The van der Waals surface area contributed by atoms with Gasteiger partial charge in [-0.1, -0.05) is 0 Å². The number of ether oxygens (including phenoxy) is 3. The largest absolute Gasteiger partial charge is 0.482 e. The van der Waals surface area contributed by atoms with Crippen molar-refractivity contribution < 1.29 is 32.2 Å². The van der Waals surface area contributed by atoms with Gasteiger partial charge in [-0.15, -0.1) is 0 Å². The van der Waals surface area contributed by atoms with Gasteiger partial charge in [0.15, 0.2) is 6.61 Å². The second kappa shape index (κ2) is 8.35. The Morgan fingerprint density at radius 1 is 1.14 bits per heavy atom. The van der Waals surface area contributed by atoms with E-state index in [-0.39, 0.29) is 26.2 Å². The molecule has 0 unspecified atom stereocenters. The van der Waals surface area contributed by atoms with Crippen LogP contribution in [-0.2, 0) is 14.3 Å². The van der Waals surface area contributed by atoms with E-state index < -0.39 is 18.8 Å². The van der Waals surface area contributed by atoms with Crippen molar-refractivity contribution in [3.63, 3.8) is 0 Å². The number of anilines is 1. The maximum Gasteiger partial charge on any atom is 0.411 e. The number of halogens is 3. The van der Waals surface area contributed by atoms with Crippen LogP contribution in [0.25, 0.3) is 0 Å². The zero-order chi connectivity index (χ0) is 15.7. The molecule has 1 aromatic rings. The summed E-state index contributed by atoms with van der Waals surface area (Å²) in [5.74, 6) is -0.141. The van der Waals surface area contributed by atoms with Crippen molar-refractivity contribution in [1.29, 1.82) is 0 Å². The Balaban J connectivity index is 2.05. The molecule has 0 aliphatic rings. The van der Waals surface area contributed by atoms with E-state index >= 15 is 0 Å². The fourth-order valence-corrected chi connectivity index (χ4v) is 1.28. The monoisotopic (exact) mass is 307 g/mol. The van der Waals surface area contributed by atoms with Gasteiger partial charge in [-0.2, -0.15) is 13.2 Å². The van der Waals surface area contributed by atoms with Crippen molar-refractivity contribution >= 4 is 11.7 Å². The van der Waals surface area contributed by atoms with Gasteiger partial charge in [0.1, 0.15) is 12.4 Å². The number of carbonyl (C=O) groups is 1. The average molecular weight is 307 g/mol. The van der Waals surface area contributed by atoms with Crippen LogP contribution in [0.5, 0.6) is 5.75 Å². The van der Waals surface area contributed by atoms with E-state index in [1.807, 2.05) is 0 Å². The smallest absolute Gasteiger partial charge is 0.411 e. The van der Waals surface area contributed by atoms with Crippen LogP contribution in [0.1, 0.15) is 6.42 Å². The summed E-state index contributed by atoms with van der Waals surface area (Å²) >= 11 is 0. The molecule has 1 aromatic carbocycles. The molecule has 5 nitrogen and oxygen atoms in total. The minimum absolute atomic E-state index is 0.0260. The molecule has 1 rings (SSSR count). The zero-order valence-electron chi connectivity index (χ0n) is 11.2. The molecule has 0 saturated heterocycles. The van der Waals surface area contributed by atoms with Crippen LogP contribution >= 0.6 is 0 Å². The molecular formula is C13H16F3NO4. The first-order valence-corrected chi connectivity index (χ1v) is 6.15. The number of carbonyl (C=O) groups excluding carboxylic acids is 1. The lowest BCUT2D eigenvalue weighted by atomic mass is 10.3. The number of hydrogen-bond donors (Lipinski definition) is 1. The molecule has 0 spiro atoms. The molecule has 0 atom stereocenters. The highest BCUT2D eigenvalue weighted by molar-refractivity contribution is 5.71. The third-order valence-electron chi connectivity index (χ3n) is 2.20. The number of alkyl halides is 3. The fourth-order valence-electron chi connectivity index (χ4n) is 1.28. The summed E-state index contributed by atoms with van der Waals surface area (Å²) in [5, 5.41) is 0. The van der Waals surface area contributed by atoms with Crippen molar-refractivity contribution in [2.45, 2.75) is 12.6 Å². The van der Waals surface area contributed by atoms with Gasteiger partial charge in [-0.25, -0.2) is 4.79 Å². The molecule has 8 heteroatoms. The Labute approximate surface area is 119 Å². The minimum atomic E-state index is -4.34. The molecule has 0 fully saturated rings. The lowest BCUT2D eigenvalue weighted by Gasteiger charge is -2.08. The summed E-state index contributed by atoms with van der Waals surface area (Å²) in [7, 11) is 0. The molecule has 0 aliphatic carbocycles. The van der Waals surface area contributed by atoms with Crippen LogP contribution < -0.4 is 10.5 Å². The van der Waals surface area contributed by atoms with E-state index in [1.165, 1.54) is 0 Å². The fraction of sp³-hybridized carbons (Fsp3) is 0.462. The molecule has 0 aliphatic heterocycles. The van der Waals surface area contributed by atoms with Gasteiger partial charge in [-0.3, -0.25) is 0 Å². The first kappa shape index (κ1) is 17.1. The van der Waals surface area contributed by atoms with E-state index in [0.717, 1.165) is 0 Å². The molecule has 21 heavy (non-hydrogen) atoms. The molecule has 0 aromatic heterocycles. The van der Waals surface area contributed by atoms with Crippen LogP contribution in [0.15, 0.2) is 24.3 Å². The van der Waals surface area contributed by atoms with E-state index in [2.05, 4.69) is 4.74 Å². The van der Waals surface area contributed by atoms with Gasteiger partial charge in [-0.05, 0) is 24.3 Å². The molecule has 0 radical (unpaired) electrons. The Bertz CT molecular complexity index is 434. The number of rotatable bonds is 8. The predicted molar refractivity (Wildman–Crippen MR) is 68.8 cm³/mol. The Hall–Kier alpha value is -1.96. The molecule has 0 amide bonds. The van der Waals surface area contributed by atoms with Crippen molar-refractivity contribution in [3.05, 3.63) is 24.3 Å². The molecule has 0 heterocycles. The molecule has 0 bridgehead atoms. The second-order valence-electron chi connectivity index (χ2n) is 4.10. The Morgan fingerprint density at radius 2 is 1.81 bits per heavy atom. The summed E-state index contributed by atoms with van der Waals surface area (Å²) in [4.78, 5) is 11.3. The summed E-state index contributed by atoms with van der Waals surface area (Å²) in [6, 6.07) is 6.46. The maximum atomic E-state index is 11.7. The first-order chi connectivity index (χ1) is 9.87. The lowest BCUT2D eigenvalue weighted by molar-refractivity contribution is -0.175. The van der Waals surface area contributed by atoms with Crippen molar-refractivity contribution in [3.8, 4) is 5.75 Å². The first-order valence-electron chi connectivity index (χ1n) is 6.15.